The molecule has 8 nitrogen and oxygen atoms in total. The Morgan fingerprint density at radius 1 is 0.792 bits per heavy atom. The molecular formula is C39H58O8Si. The highest BCUT2D eigenvalue weighted by atomic mass is 28.4. The predicted octanol–water partition coefficient (Wildman–Crippen LogP) is 7.92. The van der Waals surface area contributed by atoms with Gasteiger partial charge in [0.1, 0.15) is 17.6 Å². The van der Waals surface area contributed by atoms with E-state index in [1.165, 1.54) is 0 Å². The molecule has 0 aromatic heterocycles. The summed E-state index contributed by atoms with van der Waals surface area (Å²) < 4.78 is 42.9. The summed E-state index contributed by atoms with van der Waals surface area (Å²) in [5, 5.41) is 11.4. The van der Waals surface area contributed by atoms with Crippen molar-refractivity contribution in [3.05, 3.63) is 59.7 Å². The van der Waals surface area contributed by atoms with Crippen molar-refractivity contribution >= 4 is 8.32 Å². The highest BCUT2D eigenvalue weighted by molar-refractivity contribution is 6.74. The Morgan fingerprint density at radius 3 is 1.71 bits per heavy atom. The van der Waals surface area contributed by atoms with Crippen molar-refractivity contribution in [3.63, 3.8) is 0 Å². The van der Waals surface area contributed by atoms with Gasteiger partial charge in [0.05, 0.1) is 45.7 Å². The summed E-state index contributed by atoms with van der Waals surface area (Å²) in [6, 6.07) is 15.5. The molecule has 0 aliphatic carbocycles. The number of hydrogen-bond acceptors (Lipinski definition) is 8. The van der Waals surface area contributed by atoms with Gasteiger partial charge in [-0.25, -0.2) is 0 Å². The summed E-state index contributed by atoms with van der Waals surface area (Å²) in [6.45, 7) is 20.9. The van der Waals surface area contributed by atoms with Crippen LogP contribution in [0.2, 0.25) is 18.1 Å². The minimum atomic E-state index is -2.20. The highest BCUT2D eigenvalue weighted by Crippen LogP contribution is 2.41. The van der Waals surface area contributed by atoms with Crippen LogP contribution in [0, 0.1) is 35.5 Å². The van der Waals surface area contributed by atoms with Gasteiger partial charge in [0, 0.05) is 41.2 Å². The van der Waals surface area contributed by atoms with Gasteiger partial charge in [0.2, 0.25) is 0 Å². The van der Waals surface area contributed by atoms with Crippen LogP contribution in [0.4, 0.5) is 0 Å². The normalized spacial score (nSPS) is 27.6. The fourth-order valence-electron chi connectivity index (χ4n) is 6.15. The van der Waals surface area contributed by atoms with Crippen LogP contribution in [-0.4, -0.2) is 65.3 Å². The van der Waals surface area contributed by atoms with E-state index in [0.717, 1.165) is 22.6 Å². The molecule has 2 aliphatic rings. The standard InChI is InChI=1S/C39H58O8Si/c1-25(35-26(2)23-43-37(45-35)29-13-18-32(41-8)19-14-29)12-17-31(40)22-34(47-48(10,11)39(5,6)7)28(4)36-27(3)24-44-38(46-36)30-15-20-33(42-9)21-16-30/h13-16,18-21,25-28,31,34-38,40H,22-24H2,1-11H3/t25-,26-,27-,28-,31-,34-,35-,36+,37+,38+/m0/s1. The van der Waals surface area contributed by atoms with E-state index in [4.69, 9.17) is 32.8 Å². The van der Waals surface area contributed by atoms with Crippen molar-refractivity contribution in [3.8, 4) is 23.3 Å². The van der Waals surface area contributed by atoms with Crippen molar-refractivity contribution in [2.24, 2.45) is 23.7 Å². The molecular weight excluding hydrogens is 625 g/mol. The van der Waals surface area contributed by atoms with Gasteiger partial charge in [-0.1, -0.05) is 77.6 Å². The summed E-state index contributed by atoms with van der Waals surface area (Å²) in [5.74, 6) is 8.24. The fourth-order valence-corrected chi connectivity index (χ4v) is 7.57. The lowest BCUT2D eigenvalue weighted by molar-refractivity contribution is -0.255. The molecule has 10 atom stereocenters. The number of hydrogen-bond donors (Lipinski definition) is 1. The molecule has 2 heterocycles. The molecule has 1 N–H and O–H groups in total. The highest BCUT2D eigenvalue weighted by Gasteiger charge is 2.44. The third-order valence-corrected chi connectivity index (χ3v) is 14.8. The molecule has 0 unspecified atom stereocenters. The van der Waals surface area contributed by atoms with Gasteiger partial charge in [-0.15, -0.1) is 0 Å². The number of ether oxygens (including phenoxy) is 6. The van der Waals surface area contributed by atoms with E-state index >= 15 is 0 Å². The van der Waals surface area contributed by atoms with E-state index in [1.54, 1.807) is 14.2 Å². The van der Waals surface area contributed by atoms with Crippen molar-refractivity contribution in [2.75, 3.05) is 27.4 Å². The predicted molar refractivity (Wildman–Crippen MR) is 190 cm³/mol. The maximum Gasteiger partial charge on any atom is 0.192 e. The van der Waals surface area contributed by atoms with Crippen molar-refractivity contribution < 1.29 is 38.0 Å². The average molecular weight is 683 g/mol. The van der Waals surface area contributed by atoms with Gasteiger partial charge in [-0.05, 0) is 49.3 Å². The maximum absolute atomic E-state index is 11.4. The molecule has 0 radical (unpaired) electrons. The van der Waals surface area contributed by atoms with Gasteiger partial charge in [-0.3, -0.25) is 0 Å². The lowest BCUT2D eigenvalue weighted by Gasteiger charge is -2.45. The average Bonchev–Trinajstić information content (AvgIpc) is 3.06. The Hall–Kier alpha value is -2.42. The molecule has 0 amide bonds. The van der Waals surface area contributed by atoms with Crippen molar-refractivity contribution in [1.82, 2.24) is 0 Å². The van der Waals surface area contributed by atoms with Crippen LogP contribution in [0.5, 0.6) is 11.5 Å². The van der Waals surface area contributed by atoms with Crippen LogP contribution < -0.4 is 9.47 Å². The van der Waals surface area contributed by atoms with Crippen LogP contribution in [0.15, 0.2) is 48.5 Å². The first kappa shape index (κ1) is 38.4. The molecule has 4 rings (SSSR count). The zero-order valence-electron chi connectivity index (χ0n) is 30.8. The van der Waals surface area contributed by atoms with E-state index in [-0.39, 0.29) is 47.0 Å². The first-order valence-corrected chi connectivity index (χ1v) is 20.2. The molecule has 2 saturated heterocycles. The number of methoxy groups -OCH3 is 2. The van der Waals surface area contributed by atoms with Crippen molar-refractivity contribution in [2.45, 2.75) is 110 Å². The Morgan fingerprint density at radius 2 is 1.25 bits per heavy atom. The number of aliphatic hydroxyl groups excluding tert-OH is 1. The minimum Gasteiger partial charge on any atom is -0.497 e. The number of benzene rings is 2. The van der Waals surface area contributed by atoms with E-state index < -0.39 is 27.0 Å². The summed E-state index contributed by atoms with van der Waals surface area (Å²) in [4.78, 5) is 0. The molecule has 48 heavy (non-hydrogen) atoms. The summed E-state index contributed by atoms with van der Waals surface area (Å²) in [6.07, 6.45) is -1.98. The third kappa shape index (κ3) is 9.63. The maximum atomic E-state index is 11.4. The summed E-state index contributed by atoms with van der Waals surface area (Å²) in [7, 11) is 1.10. The van der Waals surface area contributed by atoms with Gasteiger partial charge in [-0.2, -0.15) is 0 Å². The Labute approximate surface area is 289 Å². The van der Waals surface area contributed by atoms with Crippen molar-refractivity contribution in [1.29, 1.82) is 0 Å². The second-order valence-corrected chi connectivity index (χ2v) is 19.9. The van der Waals surface area contributed by atoms with Crippen LogP contribution in [0.3, 0.4) is 0 Å². The van der Waals surface area contributed by atoms with Gasteiger partial charge < -0.3 is 38.0 Å². The molecule has 266 valence electrons. The van der Waals surface area contributed by atoms with E-state index in [0.29, 0.717) is 19.6 Å². The van der Waals surface area contributed by atoms with Crippen LogP contribution in [0.25, 0.3) is 0 Å². The Bertz CT molecular complexity index is 1350. The minimum absolute atomic E-state index is 0.000843. The fraction of sp³-hybridized carbons (Fsp3) is 0.641. The van der Waals surface area contributed by atoms with E-state index in [9.17, 15) is 5.11 Å². The second-order valence-electron chi connectivity index (χ2n) is 15.1. The zero-order valence-corrected chi connectivity index (χ0v) is 31.8. The zero-order chi connectivity index (χ0) is 35.2. The van der Waals surface area contributed by atoms with Gasteiger partial charge >= 0.3 is 0 Å². The lowest BCUT2D eigenvalue weighted by atomic mass is 9.86. The monoisotopic (exact) mass is 682 g/mol. The summed E-state index contributed by atoms with van der Waals surface area (Å²) >= 11 is 0. The topological polar surface area (TPSA) is 84.8 Å². The first-order chi connectivity index (χ1) is 22.6. The number of aliphatic hydroxyl groups is 1. The Kier molecular flexibility index (Phi) is 13.2. The number of rotatable bonds is 11. The third-order valence-electron chi connectivity index (χ3n) is 10.3. The van der Waals surface area contributed by atoms with Crippen LogP contribution >= 0.6 is 0 Å². The molecule has 2 aromatic carbocycles. The second kappa shape index (κ2) is 16.5. The largest absolute Gasteiger partial charge is 0.497 e. The molecule has 9 heteroatoms. The van der Waals surface area contributed by atoms with E-state index in [2.05, 4.69) is 73.4 Å². The smallest absolute Gasteiger partial charge is 0.192 e. The SMILES string of the molecule is COc1ccc([C@@H]2OC[C@H](C)[C@H]([C@@H](C)[C@H](C[C@@H](O)C#C[C@H](C)[C@@H]3O[C@H](c4ccc(OC)cc4)OC[C@@H]3C)O[Si](C)(C)C(C)(C)C)O2)cc1. The quantitative estimate of drug-likeness (QED) is 0.189. The molecule has 0 saturated carbocycles. The molecule has 2 aliphatic heterocycles. The van der Waals surface area contributed by atoms with Crippen LogP contribution in [-0.2, 0) is 23.4 Å². The molecule has 2 aromatic rings. The molecule has 0 spiro atoms. The Balaban J connectivity index is 1.48. The summed E-state index contributed by atoms with van der Waals surface area (Å²) in [5.41, 5.74) is 1.88. The first-order valence-electron chi connectivity index (χ1n) is 17.3. The van der Waals surface area contributed by atoms with E-state index in [1.807, 2.05) is 48.5 Å². The van der Waals surface area contributed by atoms with Gasteiger partial charge in [0.25, 0.3) is 0 Å². The lowest BCUT2D eigenvalue weighted by Crippen LogP contribution is -2.50. The van der Waals surface area contributed by atoms with Gasteiger partial charge in [0.15, 0.2) is 20.9 Å². The van der Waals surface area contributed by atoms with Crippen LogP contribution in [0.1, 0.15) is 78.6 Å². The molecule has 2 fully saturated rings. The molecule has 0 bridgehead atoms.